The van der Waals surface area contributed by atoms with Crippen molar-refractivity contribution >= 4 is 16.8 Å². The predicted molar refractivity (Wildman–Crippen MR) is 102 cm³/mol. The van der Waals surface area contributed by atoms with Crippen molar-refractivity contribution in [2.24, 2.45) is 5.16 Å². The van der Waals surface area contributed by atoms with Gasteiger partial charge in [-0.1, -0.05) is 0 Å². The van der Waals surface area contributed by atoms with E-state index in [1.54, 1.807) is 12.1 Å². The molecule has 0 bridgehead atoms. The topological polar surface area (TPSA) is 78.5 Å². The van der Waals surface area contributed by atoms with E-state index < -0.39 is 0 Å². The minimum atomic E-state index is -0.214. The lowest BCUT2D eigenvalue weighted by atomic mass is 10.1. The van der Waals surface area contributed by atoms with Crippen LogP contribution in [0, 0.1) is 0 Å². The van der Waals surface area contributed by atoms with Gasteiger partial charge < -0.3 is 24.2 Å². The van der Waals surface area contributed by atoms with Gasteiger partial charge in [0.25, 0.3) is 5.55 Å². The Morgan fingerprint density at radius 3 is 2.70 bits per heavy atom. The lowest BCUT2D eigenvalue weighted by molar-refractivity contribution is 0.101. The Bertz CT molecular complexity index is 854. The smallest absolute Gasteiger partial charge is 0.266 e. The highest BCUT2D eigenvalue weighted by Crippen LogP contribution is 2.21. The van der Waals surface area contributed by atoms with E-state index in [-0.39, 0.29) is 16.9 Å². The van der Waals surface area contributed by atoms with Crippen molar-refractivity contribution in [1.82, 2.24) is 9.80 Å². The van der Waals surface area contributed by atoms with Crippen LogP contribution < -0.4 is 10.3 Å². The van der Waals surface area contributed by atoms with Crippen molar-refractivity contribution in [3.05, 3.63) is 35.4 Å². The zero-order valence-corrected chi connectivity index (χ0v) is 16.0. The highest BCUT2D eigenvalue weighted by molar-refractivity contribution is 5.96. The van der Waals surface area contributed by atoms with E-state index in [9.17, 15) is 4.79 Å². The van der Waals surface area contributed by atoms with Crippen molar-refractivity contribution in [3.63, 3.8) is 0 Å². The summed E-state index contributed by atoms with van der Waals surface area (Å²) in [6.07, 6.45) is 2.10. The van der Waals surface area contributed by atoms with Crippen LogP contribution in [0.5, 0.6) is 5.75 Å². The van der Waals surface area contributed by atoms with Gasteiger partial charge in [-0.3, -0.25) is 4.79 Å². The van der Waals surface area contributed by atoms with Crippen LogP contribution in [0.15, 0.2) is 33.8 Å². The number of nitrogens with zero attached hydrogens (tertiary/aromatic N) is 3. The number of piperazine rings is 1. The number of fused-ring (bicyclic) bond motifs is 1. The van der Waals surface area contributed by atoms with E-state index in [0.29, 0.717) is 17.9 Å². The summed E-state index contributed by atoms with van der Waals surface area (Å²) in [4.78, 5) is 16.5. The third-order valence-corrected chi connectivity index (χ3v) is 4.93. The van der Waals surface area contributed by atoms with Gasteiger partial charge >= 0.3 is 0 Å². The van der Waals surface area contributed by atoms with E-state index in [0.717, 1.165) is 51.0 Å². The van der Waals surface area contributed by atoms with Crippen molar-refractivity contribution < 1.29 is 19.2 Å². The average molecular weight is 373 g/mol. The van der Waals surface area contributed by atoms with Gasteiger partial charge in [0.1, 0.15) is 11.3 Å². The van der Waals surface area contributed by atoms with Crippen molar-refractivity contribution in [1.29, 1.82) is 0 Å². The molecule has 1 aromatic heterocycles. The van der Waals surface area contributed by atoms with Crippen molar-refractivity contribution in [2.45, 2.75) is 19.8 Å². The maximum atomic E-state index is 11.6. The largest absolute Gasteiger partial charge is 0.493 e. The summed E-state index contributed by atoms with van der Waals surface area (Å²) in [7, 11) is 2.17. The fraction of sp³-hybridized carbons (Fsp3) is 0.500. The molecular formula is C20H27N3O4. The predicted octanol–water partition coefficient (Wildman–Crippen LogP) is 2.33. The Kier molecular flexibility index (Phi) is 6.47. The second-order valence-electron chi connectivity index (χ2n) is 7.02. The molecule has 0 unspecified atom stereocenters. The Labute approximate surface area is 158 Å². The summed E-state index contributed by atoms with van der Waals surface area (Å²) in [5, 5.41) is 12.9. The van der Waals surface area contributed by atoms with Gasteiger partial charge in [0.05, 0.1) is 12.2 Å². The van der Waals surface area contributed by atoms with Crippen LogP contribution in [-0.2, 0) is 0 Å². The molecule has 1 fully saturated rings. The van der Waals surface area contributed by atoms with Gasteiger partial charge in [-0.25, -0.2) is 0 Å². The summed E-state index contributed by atoms with van der Waals surface area (Å²) in [6.45, 7) is 7.73. The Balaban J connectivity index is 1.53. The van der Waals surface area contributed by atoms with Crippen LogP contribution >= 0.6 is 0 Å². The number of benzene rings is 1. The number of carbonyl (C=O) groups excluding carboxylic acids is 1. The van der Waals surface area contributed by atoms with E-state index >= 15 is 0 Å². The first-order chi connectivity index (χ1) is 13.1. The molecule has 3 rings (SSSR count). The first-order valence-corrected chi connectivity index (χ1v) is 9.37. The zero-order chi connectivity index (χ0) is 19.2. The monoisotopic (exact) mass is 373 g/mol. The highest BCUT2D eigenvalue weighted by Gasteiger charge is 2.13. The summed E-state index contributed by atoms with van der Waals surface area (Å²) < 4.78 is 11.4. The number of hydrogen-bond donors (Lipinski definition) is 1. The molecular weight excluding hydrogens is 346 g/mol. The summed E-state index contributed by atoms with van der Waals surface area (Å²) in [6, 6.07) is 7.12. The van der Waals surface area contributed by atoms with Gasteiger partial charge in [-0.2, -0.15) is 0 Å². The van der Waals surface area contributed by atoms with E-state index in [1.165, 1.54) is 6.92 Å². The number of ketones is 1. The van der Waals surface area contributed by atoms with E-state index in [4.69, 9.17) is 14.4 Å². The lowest BCUT2D eigenvalue weighted by Gasteiger charge is -2.32. The number of hydrogen-bond acceptors (Lipinski definition) is 7. The molecule has 0 saturated carbocycles. The summed E-state index contributed by atoms with van der Waals surface area (Å²) >= 11 is 0. The molecule has 1 N–H and O–H groups in total. The van der Waals surface area contributed by atoms with Crippen LogP contribution in [0.2, 0.25) is 0 Å². The van der Waals surface area contributed by atoms with Crippen molar-refractivity contribution in [3.8, 4) is 5.75 Å². The van der Waals surface area contributed by atoms with Gasteiger partial charge in [-0.05, 0) is 56.7 Å². The van der Waals surface area contributed by atoms with Crippen LogP contribution in [-0.4, -0.2) is 67.2 Å². The molecule has 0 amide bonds. The van der Waals surface area contributed by atoms with Gasteiger partial charge in [0.2, 0.25) is 0 Å². The molecule has 146 valence electrons. The summed E-state index contributed by atoms with van der Waals surface area (Å²) in [5.41, 5.74) is 0.685. The zero-order valence-electron chi connectivity index (χ0n) is 16.0. The summed E-state index contributed by atoms with van der Waals surface area (Å²) in [5.74, 6) is 0.486. The van der Waals surface area contributed by atoms with Crippen LogP contribution in [0.25, 0.3) is 11.0 Å². The number of unbranched alkanes of at least 4 members (excludes halogenated alkanes) is 1. The van der Waals surface area contributed by atoms with E-state index in [2.05, 4.69) is 22.0 Å². The fourth-order valence-corrected chi connectivity index (χ4v) is 3.21. The Morgan fingerprint density at radius 1 is 1.22 bits per heavy atom. The fourth-order valence-electron chi connectivity index (χ4n) is 3.21. The molecule has 0 spiro atoms. The number of likely N-dealkylation sites (N-methyl/N-ethyl adjacent to an activating group) is 1. The van der Waals surface area contributed by atoms with Crippen LogP contribution in [0.3, 0.4) is 0 Å². The van der Waals surface area contributed by atoms with Crippen LogP contribution in [0.1, 0.15) is 30.1 Å². The molecule has 1 aliphatic rings. The molecule has 7 nitrogen and oxygen atoms in total. The third kappa shape index (κ3) is 5.08. The molecule has 1 saturated heterocycles. The molecule has 27 heavy (non-hydrogen) atoms. The normalized spacial score (nSPS) is 16.7. The van der Waals surface area contributed by atoms with Gasteiger partial charge in [0.15, 0.2) is 5.78 Å². The molecule has 0 aliphatic carbocycles. The highest BCUT2D eigenvalue weighted by atomic mass is 16.5. The van der Waals surface area contributed by atoms with Crippen molar-refractivity contribution in [2.75, 3.05) is 46.4 Å². The van der Waals surface area contributed by atoms with Crippen LogP contribution in [0.4, 0.5) is 0 Å². The third-order valence-electron chi connectivity index (χ3n) is 4.93. The number of ether oxygens (including phenoxy) is 1. The first-order valence-electron chi connectivity index (χ1n) is 9.37. The quantitative estimate of drug-likeness (QED) is 0.347. The molecule has 2 heterocycles. The minimum Gasteiger partial charge on any atom is -0.493 e. The van der Waals surface area contributed by atoms with Gasteiger partial charge in [-0.15, -0.1) is 0 Å². The average Bonchev–Trinajstić information content (AvgIpc) is 2.67. The SMILES string of the molecule is CC(=O)c1cc2ccc(OCCCCN3CCN(C)CC3)cc2oc1=NO. The molecule has 1 aromatic carbocycles. The number of Topliss-reactive ketones (excluding diaryl/α,β-unsaturated/α-hetero) is 1. The number of carbonyl (C=O) groups is 1. The second kappa shape index (κ2) is 9.01. The Hall–Kier alpha value is -2.38. The minimum absolute atomic E-state index is 0.0840. The molecule has 7 heteroatoms. The van der Waals surface area contributed by atoms with E-state index in [1.807, 2.05) is 12.1 Å². The molecule has 0 radical (unpaired) electrons. The Morgan fingerprint density at radius 2 is 2.00 bits per heavy atom. The molecule has 0 atom stereocenters. The standard InChI is InChI=1S/C20H27N3O4/c1-15(24)18-13-16-5-6-17(14-19(16)27-20(18)21-25)26-12-4-3-7-23-10-8-22(2)9-11-23/h5-6,13-14,25H,3-4,7-12H2,1-2H3. The molecule has 1 aliphatic heterocycles. The second-order valence-corrected chi connectivity index (χ2v) is 7.02. The lowest BCUT2D eigenvalue weighted by Crippen LogP contribution is -2.44. The maximum Gasteiger partial charge on any atom is 0.266 e. The first kappa shape index (κ1) is 19.4. The van der Waals surface area contributed by atoms with Gasteiger partial charge in [0, 0.05) is 37.6 Å². The molecule has 2 aromatic rings. The maximum absolute atomic E-state index is 11.6. The number of rotatable bonds is 7.